The Morgan fingerprint density at radius 1 is 1.12 bits per heavy atom. The molecule has 25 heavy (non-hydrogen) atoms. The molecule has 0 aliphatic rings. The highest BCUT2D eigenvalue weighted by Gasteiger charge is 2.11. The Hall–Kier alpha value is -2.50. The first-order valence-electron chi connectivity index (χ1n) is 8.48. The fraction of sp³-hybridized carbons (Fsp3) is 0.421. The molecule has 1 N–H and O–H groups in total. The van der Waals surface area contributed by atoms with Crippen molar-refractivity contribution in [1.29, 1.82) is 0 Å². The van der Waals surface area contributed by atoms with Gasteiger partial charge in [0.1, 0.15) is 12.4 Å². The Balaban J connectivity index is 2.06. The molecule has 0 aliphatic carbocycles. The van der Waals surface area contributed by atoms with Crippen LogP contribution in [0.3, 0.4) is 0 Å². The summed E-state index contributed by atoms with van der Waals surface area (Å²) < 4.78 is 14.2. The third-order valence-corrected chi connectivity index (χ3v) is 3.88. The van der Waals surface area contributed by atoms with E-state index in [-0.39, 0.29) is 29.9 Å². The maximum atomic E-state index is 13.0. The molecule has 134 valence electrons. The Morgan fingerprint density at radius 3 is 2.44 bits per heavy atom. The van der Waals surface area contributed by atoms with E-state index >= 15 is 0 Å². The summed E-state index contributed by atoms with van der Waals surface area (Å²) in [5, 5.41) is 7.10. The molecule has 0 aliphatic heterocycles. The summed E-state index contributed by atoms with van der Waals surface area (Å²) in [6.07, 6.45) is 1.92. The van der Waals surface area contributed by atoms with Crippen LogP contribution in [0, 0.1) is 11.7 Å². The Kier molecular flexibility index (Phi) is 6.44. The van der Waals surface area contributed by atoms with Crippen molar-refractivity contribution in [2.24, 2.45) is 5.92 Å². The van der Waals surface area contributed by atoms with Gasteiger partial charge in [0.2, 0.25) is 5.91 Å². The molecule has 0 bridgehead atoms. The molecule has 0 saturated heterocycles. The summed E-state index contributed by atoms with van der Waals surface area (Å²) in [7, 11) is 0. The van der Waals surface area contributed by atoms with Crippen LogP contribution in [0.2, 0.25) is 0 Å². The van der Waals surface area contributed by atoms with E-state index in [0.29, 0.717) is 17.2 Å². The lowest BCUT2D eigenvalue weighted by Crippen LogP contribution is -2.38. The number of benzene rings is 1. The average molecular weight is 345 g/mol. The first kappa shape index (κ1) is 18.8. The number of carbonyl (C=O) groups excluding carboxylic acids is 1. The number of hydrogen-bond acceptors (Lipinski definition) is 3. The minimum absolute atomic E-state index is 0.0471. The molecule has 0 unspecified atom stereocenters. The van der Waals surface area contributed by atoms with Gasteiger partial charge in [-0.15, -0.1) is 0 Å². The van der Waals surface area contributed by atoms with Gasteiger partial charge in [-0.2, -0.15) is 5.10 Å². The van der Waals surface area contributed by atoms with E-state index in [1.807, 2.05) is 6.92 Å². The minimum atomic E-state index is -0.351. The Morgan fingerprint density at radius 2 is 1.80 bits per heavy atom. The lowest BCUT2D eigenvalue weighted by atomic mass is 10.0. The molecule has 0 radical (unpaired) electrons. The number of nitrogens with zero attached hydrogens (tertiary/aromatic N) is 2. The number of rotatable bonds is 7. The van der Waals surface area contributed by atoms with E-state index in [1.54, 1.807) is 18.2 Å². The zero-order valence-electron chi connectivity index (χ0n) is 14.8. The van der Waals surface area contributed by atoms with Crippen LogP contribution in [0.25, 0.3) is 11.3 Å². The van der Waals surface area contributed by atoms with Gasteiger partial charge < -0.3 is 5.32 Å². The molecule has 0 spiro atoms. The first-order valence-corrected chi connectivity index (χ1v) is 8.48. The van der Waals surface area contributed by atoms with E-state index in [2.05, 4.69) is 24.3 Å². The molecular formula is C19H24FN3O2. The van der Waals surface area contributed by atoms with Gasteiger partial charge in [0.15, 0.2) is 0 Å². The normalized spacial score (nSPS) is 12.2. The molecule has 2 aromatic rings. The van der Waals surface area contributed by atoms with E-state index in [0.717, 1.165) is 17.5 Å². The van der Waals surface area contributed by atoms with Crippen molar-refractivity contribution in [3.63, 3.8) is 0 Å². The summed E-state index contributed by atoms with van der Waals surface area (Å²) in [4.78, 5) is 24.1. The molecule has 1 atom stereocenters. The highest BCUT2D eigenvalue weighted by atomic mass is 19.1. The summed E-state index contributed by atoms with van der Waals surface area (Å²) in [6.45, 7) is 6.09. The van der Waals surface area contributed by atoms with Gasteiger partial charge in [0, 0.05) is 17.7 Å². The first-order chi connectivity index (χ1) is 11.8. The fourth-order valence-electron chi connectivity index (χ4n) is 2.45. The number of nitrogens with one attached hydrogen (secondary N) is 1. The van der Waals surface area contributed by atoms with E-state index < -0.39 is 0 Å². The molecule has 0 fully saturated rings. The van der Waals surface area contributed by atoms with Gasteiger partial charge in [-0.3, -0.25) is 9.59 Å². The van der Waals surface area contributed by atoms with Crippen molar-refractivity contribution in [3.8, 4) is 11.3 Å². The molecule has 6 heteroatoms. The van der Waals surface area contributed by atoms with Crippen LogP contribution in [-0.2, 0) is 11.3 Å². The number of aromatic nitrogens is 2. The van der Waals surface area contributed by atoms with Crippen molar-refractivity contribution in [1.82, 2.24) is 15.1 Å². The number of halogens is 1. The van der Waals surface area contributed by atoms with Crippen LogP contribution in [0.15, 0.2) is 41.2 Å². The summed E-state index contributed by atoms with van der Waals surface area (Å²) in [6, 6.07) is 8.80. The Labute approximate surface area is 146 Å². The predicted octanol–water partition coefficient (Wildman–Crippen LogP) is 2.99. The maximum absolute atomic E-state index is 13.0. The molecule has 1 heterocycles. The number of hydrogen-bond donors (Lipinski definition) is 1. The lowest BCUT2D eigenvalue weighted by molar-refractivity contribution is -0.122. The standard InChI is InChI=1S/C19H24FN3O2/c1-13(2)4-5-14(3)21-18(24)12-23-19(25)11-10-17(22-23)15-6-8-16(20)9-7-15/h6-11,13-14H,4-5,12H2,1-3H3,(H,21,24)/t14-/m1/s1. The highest BCUT2D eigenvalue weighted by Crippen LogP contribution is 2.15. The second-order valence-corrected chi connectivity index (χ2v) is 6.66. The second kappa shape index (κ2) is 8.55. The lowest BCUT2D eigenvalue weighted by Gasteiger charge is -2.15. The maximum Gasteiger partial charge on any atom is 0.267 e. The molecule has 1 aromatic carbocycles. The molecule has 0 saturated carbocycles. The van der Waals surface area contributed by atoms with E-state index in [4.69, 9.17) is 0 Å². The summed E-state index contributed by atoms with van der Waals surface area (Å²) in [5.41, 5.74) is 0.844. The summed E-state index contributed by atoms with van der Waals surface area (Å²) in [5.74, 6) is -0.00928. The van der Waals surface area contributed by atoms with Crippen LogP contribution < -0.4 is 10.9 Å². The zero-order chi connectivity index (χ0) is 18.4. The van der Waals surface area contributed by atoms with Crippen LogP contribution >= 0.6 is 0 Å². The predicted molar refractivity (Wildman–Crippen MR) is 95.6 cm³/mol. The van der Waals surface area contributed by atoms with Gasteiger partial charge in [-0.05, 0) is 56.0 Å². The van der Waals surface area contributed by atoms with Crippen molar-refractivity contribution in [3.05, 3.63) is 52.6 Å². The van der Waals surface area contributed by atoms with Crippen LogP contribution in [0.4, 0.5) is 4.39 Å². The van der Waals surface area contributed by atoms with Gasteiger partial charge in [0.05, 0.1) is 5.69 Å². The van der Waals surface area contributed by atoms with Gasteiger partial charge >= 0.3 is 0 Å². The minimum Gasteiger partial charge on any atom is -0.352 e. The molecular weight excluding hydrogens is 321 g/mol. The van der Waals surface area contributed by atoms with Crippen LogP contribution in [-0.4, -0.2) is 21.7 Å². The fourth-order valence-corrected chi connectivity index (χ4v) is 2.45. The average Bonchev–Trinajstić information content (AvgIpc) is 2.56. The third-order valence-electron chi connectivity index (χ3n) is 3.88. The van der Waals surface area contributed by atoms with Crippen molar-refractivity contribution >= 4 is 5.91 Å². The van der Waals surface area contributed by atoms with Gasteiger partial charge in [-0.1, -0.05) is 13.8 Å². The zero-order valence-corrected chi connectivity index (χ0v) is 14.8. The van der Waals surface area contributed by atoms with Crippen molar-refractivity contribution in [2.75, 3.05) is 0 Å². The van der Waals surface area contributed by atoms with Gasteiger partial charge in [0.25, 0.3) is 5.56 Å². The molecule has 5 nitrogen and oxygen atoms in total. The van der Waals surface area contributed by atoms with Crippen molar-refractivity contribution in [2.45, 2.75) is 46.2 Å². The van der Waals surface area contributed by atoms with Crippen LogP contribution in [0.1, 0.15) is 33.6 Å². The molecule has 1 aromatic heterocycles. The smallest absolute Gasteiger partial charge is 0.267 e. The number of amides is 1. The van der Waals surface area contributed by atoms with Gasteiger partial charge in [-0.25, -0.2) is 9.07 Å². The SMILES string of the molecule is CC(C)CC[C@@H](C)NC(=O)Cn1nc(-c2ccc(F)cc2)ccc1=O. The highest BCUT2D eigenvalue weighted by molar-refractivity contribution is 5.76. The van der Waals surface area contributed by atoms with E-state index in [1.165, 1.54) is 18.2 Å². The third kappa shape index (κ3) is 5.81. The van der Waals surface area contributed by atoms with E-state index in [9.17, 15) is 14.0 Å². The second-order valence-electron chi connectivity index (χ2n) is 6.66. The van der Waals surface area contributed by atoms with Crippen LogP contribution in [0.5, 0.6) is 0 Å². The topological polar surface area (TPSA) is 64.0 Å². The monoisotopic (exact) mass is 345 g/mol. The number of carbonyl (C=O) groups is 1. The summed E-state index contributed by atoms with van der Waals surface area (Å²) >= 11 is 0. The van der Waals surface area contributed by atoms with Crippen molar-refractivity contribution < 1.29 is 9.18 Å². The molecule has 1 amide bonds. The largest absolute Gasteiger partial charge is 0.352 e. The Bertz CT molecular complexity index is 769. The molecule has 2 rings (SSSR count). The quantitative estimate of drug-likeness (QED) is 0.839.